The van der Waals surface area contributed by atoms with Gasteiger partial charge in [0.1, 0.15) is 6.54 Å². The lowest BCUT2D eigenvalue weighted by molar-refractivity contribution is -0.138. The van der Waals surface area contributed by atoms with Gasteiger partial charge in [-0.05, 0) is 73.2 Å². The average Bonchev–Trinajstić information content (AvgIpc) is 3.16. The lowest BCUT2D eigenvalue weighted by atomic mass is 9.74. The molecule has 1 heterocycles. The summed E-state index contributed by atoms with van der Waals surface area (Å²) < 4.78 is 78.0. The highest BCUT2D eigenvalue weighted by atomic mass is 35.5. The van der Waals surface area contributed by atoms with Gasteiger partial charge >= 0.3 is 12.4 Å². The number of hydrogen-bond donors (Lipinski definition) is 1. The van der Waals surface area contributed by atoms with Gasteiger partial charge in [0.05, 0.1) is 21.9 Å². The van der Waals surface area contributed by atoms with Gasteiger partial charge in [0, 0.05) is 17.6 Å². The van der Waals surface area contributed by atoms with Crippen molar-refractivity contribution < 1.29 is 31.1 Å². The summed E-state index contributed by atoms with van der Waals surface area (Å²) in [6.07, 6.45) is -4.90. The van der Waals surface area contributed by atoms with E-state index in [0.29, 0.717) is 30.7 Å². The predicted molar refractivity (Wildman–Crippen MR) is 135 cm³/mol. The average molecular weight is 566 g/mol. The number of alkyl halides is 6. The second-order valence-corrected chi connectivity index (χ2v) is 10.2. The molecule has 0 bridgehead atoms. The molecule has 202 valence electrons. The van der Waals surface area contributed by atoms with Crippen molar-refractivity contribution in [2.24, 2.45) is 10.5 Å². The molecule has 2 aromatic rings. The van der Waals surface area contributed by atoms with Crippen LogP contribution in [0, 0.1) is 5.41 Å². The highest BCUT2D eigenvalue weighted by Gasteiger charge is 2.42. The van der Waals surface area contributed by atoms with Crippen LogP contribution in [0.25, 0.3) is 0 Å². The number of carbonyl (C=O) groups is 1. The van der Waals surface area contributed by atoms with Gasteiger partial charge < -0.3 is 5.32 Å². The molecule has 1 atom stereocenters. The van der Waals surface area contributed by atoms with E-state index in [0.717, 1.165) is 30.4 Å². The molecule has 0 spiro atoms. The summed E-state index contributed by atoms with van der Waals surface area (Å²) in [7, 11) is 0. The maximum Gasteiger partial charge on any atom is 0.417 e. The lowest BCUT2D eigenvalue weighted by Crippen LogP contribution is -2.36. The van der Waals surface area contributed by atoms with Crippen LogP contribution in [-0.4, -0.2) is 41.7 Å². The molecule has 12 heteroatoms. The monoisotopic (exact) mass is 565 g/mol. The minimum absolute atomic E-state index is 0.177. The predicted octanol–water partition coefficient (Wildman–Crippen LogP) is 7.58. The molecule has 1 unspecified atom stereocenters. The number of thioether (sulfide) groups is 1. The van der Waals surface area contributed by atoms with E-state index in [2.05, 4.69) is 10.4 Å². The summed E-state index contributed by atoms with van der Waals surface area (Å²) in [4.78, 5) is 12.7. The Hall–Kier alpha value is -2.40. The normalized spacial score (nSPS) is 18.2. The first kappa shape index (κ1) is 29.2. The van der Waals surface area contributed by atoms with Crippen molar-refractivity contribution >= 4 is 40.7 Å². The van der Waals surface area contributed by atoms with E-state index in [1.54, 1.807) is 16.8 Å². The molecule has 37 heavy (non-hydrogen) atoms. The van der Waals surface area contributed by atoms with Crippen LogP contribution in [0.15, 0.2) is 47.6 Å². The first-order valence-electron chi connectivity index (χ1n) is 11.5. The summed E-state index contributed by atoms with van der Waals surface area (Å²) in [5.74, 6) is 0.404. The lowest BCUT2D eigenvalue weighted by Gasteiger charge is -2.30. The summed E-state index contributed by atoms with van der Waals surface area (Å²) in [5, 5.41) is 8.30. The van der Waals surface area contributed by atoms with Crippen LogP contribution in [0.2, 0.25) is 5.02 Å². The fraction of sp³-hybridized carbons (Fsp3) is 0.440. The molecule has 0 aromatic heterocycles. The number of halogens is 7. The first-order chi connectivity index (χ1) is 17.3. The number of amides is 1. The summed E-state index contributed by atoms with van der Waals surface area (Å²) in [6.45, 7) is 2.15. The van der Waals surface area contributed by atoms with Gasteiger partial charge in [0.2, 0.25) is 5.91 Å². The number of rotatable bonds is 9. The molecule has 2 aromatic carbocycles. The number of anilines is 1. The van der Waals surface area contributed by atoms with Crippen LogP contribution in [0.5, 0.6) is 0 Å². The Kier molecular flexibility index (Phi) is 9.10. The summed E-state index contributed by atoms with van der Waals surface area (Å²) in [5.41, 5.74) is -1.05. The van der Waals surface area contributed by atoms with Crippen LogP contribution >= 0.6 is 23.4 Å². The topological polar surface area (TPSA) is 44.7 Å². The van der Waals surface area contributed by atoms with Gasteiger partial charge in [0.25, 0.3) is 0 Å². The van der Waals surface area contributed by atoms with Gasteiger partial charge in [-0.25, -0.2) is 0 Å². The number of hydrazone groups is 1. The third-order valence-electron chi connectivity index (χ3n) is 6.28. The number of hydrogen-bond acceptors (Lipinski definition) is 4. The maximum absolute atomic E-state index is 13.2. The molecule has 0 saturated carbocycles. The Morgan fingerprint density at radius 3 is 2.32 bits per heavy atom. The minimum atomic E-state index is -4.59. The zero-order valence-electron chi connectivity index (χ0n) is 20.1. The zero-order chi connectivity index (χ0) is 27.4. The van der Waals surface area contributed by atoms with E-state index in [1.807, 2.05) is 13.2 Å². The van der Waals surface area contributed by atoms with Crippen LogP contribution in [0.1, 0.15) is 42.9 Å². The zero-order valence-corrected chi connectivity index (χ0v) is 21.7. The molecule has 1 aliphatic rings. The van der Waals surface area contributed by atoms with Crippen molar-refractivity contribution in [1.82, 2.24) is 5.01 Å². The van der Waals surface area contributed by atoms with Gasteiger partial charge in [-0.1, -0.05) is 24.6 Å². The third-order valence-corrected chi connectivity index (χ3v) is 7.29. The Bertz CT molecular complexity index is 1140. The van der Waals surface area contributed by atoms with Crippen molar-refractivity contribution in [2.75, 3.05) is 30.4 Å². The van der Waals surface area contributed by atoms with Crippen molar-refractivity contribution in [2.45, 2.75) is 38.5 Å². The van der Waals surface area contributed by atoms with Gasteiger partial charge in [-0.2, -0.15) is 43.2 Å². The van der Waals surface area contributed by atoms with Gasteiger partial charge in [-0.3, -0.25) is 9.80 Å². The van der Waals surface area contributed by atoms with Crippen molar-refractivity contribution in [3.05, 3.63) is 64.2 Å². The van der Waals surface area contributed by atoms with Crippen molar-refractivity contribution in [3.63, 3.8) is 0 Å². The number of nitrogens with zero attached hydrogens (tertiary/aromatic N) is 2. The molecular formula is C25H26ClF6N3OS. The van der Waals surface area contributed by atoms with E-state index in [1.165, 1.54) is 24.3 Å². The van der Waals surface area contributed by atoms with Crippen molar-refractivity contribution in [3.8, 4) is 0 Å². The highest BCUT2D eigenvalue weighted by Crippen LogP contribution is 2.41. The van der Waals surface area contributed by atoms with E-state index in [9.17, 15) is 31.1 Å². The number of nitrogens with one attached hydrogen (secondary N) is 1. The number of carbonyl (C=O) groups excluding carboxylic acids is 1. The smallest absolute Gasteiger partial charge is 0.324 e. The third kappa shape index (κ3) is 7.13. The fourth-order valence-electron chi connectivity index (χ4n) is 4.37. The Morgan fingerprint density at radius 1 is 1.11 bits per heavy atom. The molecule has 1 aliphatic heterocycles. The second kappa shape index (κ2) is 11.6. The summed E-state index contributed by atoms with van der Waals surface area (Å²) in [6, 6.07) is 7.63. The molecule has 1 N–H and O–H groups in total. The molecule has 0 fully saturated rings. The van der Waals surface area contributed by atoms with Crippen LogP contribution in [0.4, 0.5) is 32.0 Å². The Balaban J connectivity index is 1.84. The quantitative estimate of drug-likeness (QED) is 0.252. The largest absolute Gasteiger partial charge is 0.417 e. The second-order valence-electron chi connectivity index (χ2n) is 8.82. The molecule has 4 nitrogen and oxygen atoms in total. The molecule has 0 radical (unpaired) electrons. The molecule has 0 saturated heterocycles. The fourth-order valence-corrected chi connectivity index (χ4v) is 5.09. The van der Waals surface area contributed by atoms with Crippen LogP contribution in [0.3, 0.4) is 0 Å². The Morgan fingerprint density at radius 2 is 1.78 bits per heavy atom. The maximum atomic E-state index is 13.2. The van der Waals surface area contributed by atoms with E-state index >= 15 is 0 Å². The Labute approximate surface area is 220 Å². The first-order valence-corrected chi connectivity index (χ1v) is 13.2. The molecular weight excluding hydrogens is 540 g/mol. The van der Waals surface area contributed by atoms with Gasteiger partial charge in [-0.15, -0.1) is 0 Å². The van der Waals surface area contributed by atoms with E-state index in [-0.39, 0.29) is 12.2 Å². The van der Waals surface area contributed by atoms with Crippen molar-refractivity contribution in [1.29, 1.82) is 0 Å². The number of benzene rings is 2. The van der Waals surface area contributed by atoms with Crippen LogP contribution in [-0.2, 0) is 17.1 Å². The van der Waals surface area contributed by atoms with Crippen LogP contribution < -0.4 is 5.32 Å². The molecule has 1 amide bonds. The summed E-state index contributed by atoms with van der Waals surface area (Å²) >= 11 is 7.66. The minimum Gasteiger partial charge on any atom is -0.324 e. The SMILES string of the molecule is CCC1(CCCSC)CN(CC(=O)Nc2ccc(C(F)(F)F)cc2)N=C1c1ccc(C(F)(F)F)c(Cl)c1. The highest BCUT2D eigenvalue weighted by molar-refractivity contribution is 7.98. The molecule has 3 rings (SSSR count). The van der Waals surface area contributed by atoms with E-state index < -0.39 is 39.8 Å². The standard InChI is InChI=1S/C25H26ClF6N3OS/c1-3-23(11-4-12-37-2)15-35(14-21(36)33-18-8-6-17(7-9-18)24(27,28)29)34-22(23)16-5-10-19(20(26)13-16)25(30,31)32/h5-10,13H,3-4,11-12,14-15H2,1-2H3,(H,33,36). The van der Waals surface area contributed by atoms with E-state index in [4.69, 9.17) is 11.6 Å². The molecule has 0 aliphatic carbocycles. The van der Waals surface area contributed by atoms with Gasteiger partial charge in [0.15, 0.2) is 0 Å².